The molecule has 0 unspecified atom stereocenters. The van der Waals surface area contributed by atoms with Crippen LogP contribution in [0.25, 0.3) is 0 Å². The van der Waals surface area contributed by atoms with Crippen molar-refractivity contribution in [2.45, 2.75) is 19.2 Å². The third-order valence-corrected chi connectivity index (χ3v) is 3.09. The number of hydrogen-bond donors (Lipinski definition) is 1. The number of alkyl halides is 3. The molecule has 0 radical (unpaired) electrons. The Morgan fingerprint density at radius 1 is 1.21 bits per heavy atom. The first-order valence-electron chi connectivity index (χ1n) is 6.07. The maximum Gasteiger partial charge on any atom is 0.573 e. The largest absolute Gasteiger partial charge is 0.573 e. The molecule has 1 N–H and O–H groups in total. The summed E-state index contributed by atoms with van der Waals surface area (Å²) in [6, 6.07) is 5.51. The van der Waals surface area contributed by atoms with E-state index in [1.165, 1.54) is 24.3 Å². The molecule has 0 spiro atoms. The number of piperidine rings is 1. The molecule has 19 heavy (non-hydrogen) atoms. The second-order valence-corrected chi connectivity index (χ2v) is 4.43. The van der Waals surface area contributed by atoms with Crippen LogP contribution < -0.4 is 10.1 Å². The Balaban J connectivity index is 2.21. The molecule has 1 fully saturated rings. The number of hydrogen-bond acceptors (Lipinski definition) is 3. The number of ether oxygens (including phenoxy) is 1. The molecule has 1 aliphatic heterocycles. The van der Waals surface area contributed by atoms with Gasteiger partial charge in [-0.15, -0.1) is 13.2 Å². The van der Waals surface area contributed by atoms with Crippen LogP contribution in [-0.4, -0.2) is 25.2 Å². The number of carbonyl (C=O) groups excluding carboxylic acids is 1. The van der Waals surface area contributed by atoms with Crippen LogP contribution in [0.1, 0.15) is 23.2 Å². The van der Waals surface area contributed by atoms with Crippen molar-refractivity contribution >= 4 is 5.78 Å². The third kappa shape index (κ3) is 3.70. The van der Waals surface area contributed by atoms with Crippen molar-refractivity contribution in [2.75, 3.05) is 13.1 Å². The van der Waals surface area contributed by atoms with Crippen molar-refractivity contribution in [3.8, 4) is 5.75 Å². The quantitative estimate of drug-likeness (QED) is 0.861. The summed E-state index contributed by atoms with van der Waals surface area (Å²) in [5.74, 6) is -0.931. The lowest BCUT2D eigenvalue weighted by Gasteiger charge is -2.22. The molecule has 0 amide bonds. The number of carbonyl (C=O) groups is 1. The normalized spacial score (nSPS) is 17.2. The van der Waals surface area contributed by atoms with Crippen molar-refractivity contribution in [2.24, 2.45) is 5.92 Å². The van der Waals surface area contributed by atoms with Gasteiger partial charge in [0, 0.05) is 5.92 Å². The summed E-state index contributed by atoms with van der Waals surface area (Å²) in [4.78, 5) is 12.2. The molecule has 1 aliphatic rings. The molecule has 1 aromatic carbocycles. The summed E-state index contributed by atoms with van der Waals surface area (Å²) < 4.78 is 40.8. The fourth-order valence-corrected chi connectivity index (χ4v) is 2.19. The van der Waals surface area contributed by atoms with Gasteiger partial charge in [-0.1, -0.05) is 12.1 Å². The summed E-state index contributed by atoms with van der Waals surface area (Å²) in [6.07, 6.45) is -3.51. The van der Waals surface area contributed by atoms with Crippen molar-refractivity contribution < 1.29 is 22.7 Å². The zero-order valence-electron chi connectivity index (χ0n) is 10.2. The maximum absolute atomic E-state index is 12.3. The van der Waals surface area contributed by atoms with Gasteiger partial charge in [-0.2, -0.15) is 0 Å². The van der Waals surface area contributed by atoms with Crippen LogP contribution in [0.15, 0.2) is 24.3 Å². The Bertz CT molecular complexity index is 453. The van der Waals surface area contributed by atoms with Gasteiger partial charge in [0.05, 0.1) is 5.56 Å². The minimum Gasteiger partial charge on any atom is -0.405 e. The highest BCUT2D eigenvalue weighted by atomic mass is 19.4. The summed E-state index contributed by atoms with van der Waals surface area (Å²) in [5, 5.41) is 3.11. The summed E-state index contributed by atoms with van der Waals surface area (Å²) >= 11 is 0. The standard InChI is InChI=1S/C13H14F3NO2/c14-13(15,16)19-11-4-2-1-3-10(11)12(18)9-5-7-17-8-6-9/h1-4,9,17H,5-8H2. The van der Waals surface area contributed by atoms with E-state index < -0.39 is 12.1 Å². The average Bonchev–Trinajstić information content (AvgIpc) is 2.38. The lowest BCUT2D eigenvalue weighted by atomic mass is 9.89. The highest BCUT2D eigenvalue weighted by Crippen LogP contribution is 2.29. The Morgan fingerprint density at radius 2 is 1.84 bits per heavy atom. The highest BCUT2D eigenvalue weighted by Gasteiger charge is 2.33. The van der Waals surface area contributed by atoms with E-state index in [-0.39, 0.29) is 17.3 Å². The fraction of sp³-hybridized carbons (Fsp3) is 0.462. The third-order valence-electron chi connectivity index (χ3n) is 3.09. The summed E-state index contributed by atoms with van der Waals surface area (Å²) in [5.41, 5.74) is 0.00623. The van der Waals surface area contributed by atoms with Gasteiger partial charge in [0.15, 0.2) is 5.78 Å². The molecular formula is C13H14F3NO2. The lowest BCUT2D eigenvalue weighted by molar-refractivity contribution is -0.274. The van der Waals surface area contributed by atoms with Crippen LogP contribution in [0.4, 0.5) is 13.2 Å². The van der Waals surface area contributed by atoms with E-state index in [9.17, 15) is 18.0 Å². The molecule has 104 valence electrons. The predicted octanol–water partition coefficient (Wildman–Crippen LogP) is 2.77. The van der Waals surface area contributed by atoms with Crippen LogP contribution in [-0.2, 0) is 0 Å². The van der Waals surface area contributed by atoms with Crippen molar-refractivity contribution in [1.29, 1.82) is 0 Å². The number of Topliss-reactive ketones (excluding diaryl/α,β-unsaturated/α-hetero) is 1. The van der Waals surface area contributed by atoms with E-state index in [1.807, 2.05) is 0 Å². The maximum atomic E-state index is 12.3. The zero-order valence-corrected chi connectivity index (χ0v) is 10.2. The highest BCUT2D eigenvalue weighted by molar-refractivity contribution is 6.00. The van der Waals surface area contributed by atoms with Gasteiger partial charge in [-0.05, 0) is 38.1 Å². The lowest BCUT2D eigenvalue weighted by Crippen LogP contribution is -2.32. The number of benzene rings is 1. The Hall–Kier alpha value is -1.56. The monoisotopic (exact) mass is 273 g/mol. The van der Waals surface area contributed by atoms with E-state index in [0.29, 0.717) is 25.9 Å². The topological polar surface area (TPSA) is 38.3 Å². The first-order valence-corrected chi connectivity index (χ1v) is 6.07. The fourth-order valence-electron chi connectivity index (χ4n) is 2.19. The molecule has 3 nitrogen and oxygen atoms in total. The molecule has 2 rings (SSSR count). The number of halogens is 3. The number of ketones is 1. The van der Waals surface area contributed by atoms with Crippen LogP contribution in [0.3, 0.4) is 0 Å². The molecule has 0 aromatic heterocycles. The van der Waals surface area contributed by atoms with Gasteiger partial charge in [0.2, 0.25) is 0 Å². The van der Waals surface area contributed by atoms with E-state index in [1.54, 1.807) is 0 Å². The van der Waals surface area contributed by atoms with Crippen LogP contribution in [0.5, 0.6) is 5.75 Å². The Labute approximate surface area is 108 Å². The average molecular weight is 273 g/mol. The molecule has 1 saturated heterocycles. The molecule has 0 bridgehead atoms. The van der Waals surface area contributed by atoms with Crippen LogP contribution in [0.2, 0.25) is 0 Å². The van der Waals surface area contributed by atoms with Gasteiger partial charge < -0.3 is 10.1 Å². The summed E-state index contributed by atoms with van der Waals surface area (Å²) in [6.45, 7) is 1.41. The van der Waals surface area contributed by atoms with Gasteiger partial charge in [-0.25, -0.2) is 0 Å². The molecule has 1 aromatic rings. The van der Waals surface area contributed by atoms with Crippen LogP contribution in [0, 0.1) is 5.92 Å². The van der Waals surface area contributed by atoms with Crippen LogP contribution >= 0.6 is 0 Å². The molecule has 1 heterocycles. The first kappa shape index (κ1) is 13.9. The first-order chi connectivity index (χ1) is 8.97. The molecule has 0 atom stereocenters. The van der Waals surface area contributed by atoms with Gasteiger partial charge >= 0.3 is 6.36 Å². The van der Waals surface area contributed by atoms with Crippen molar-refractivity contribution in [3.63, 3.8) is 0 Å². The van der Waals surface area contributed by atoms with E-state index in [2.05, 4.69) is 10.1 Å². The smallest absolute Gasteiger partial charge is 0.405 e. The van der Waals surface area contributed by atoms with Gasteiger partial charge in [-0.3, -0.25) is 4.79 Å². The number of para-hydroxylation sites is 1. The number of rotatable bonds is 3. The second-order valence-electron chi connectivity index (χ2n) is 4.43. The Kier molecular flexibility index (Phi) is 4.09. The molecule has 0 aliphatic carbocycles. The van der Waals surface area contributed by atoms with E-state index in [0.717, 1.165) is 0 Å². The Morgan fingerprint density at radius 3 is 2.47 bits per heavy atom. The second kappa shape index (κ2) is 5.61. The predicted molar refractivity (Wildman–Crippen MR) is 63.0 cm³/mol. The SMILES string of the molecule is O=C(c1ccccc1OC(F)(F)F)C1CCNCC1. The van der Waals surface area contributed by atoms with E-state index >= 15 is 0 Å². The van der Waals surface area contributed by atoms with Gasteiger partial charge in [0.1, 0.15) is 5.75 Å². The number of nitrogens with one attached hydrogen (secondary N) is 1. The van der Waals surface area contributed by atoms with Crippen molar-refractivity contribution in [3.05, 3.63) is 29.8 Å². The molecular weight excluding hydrogens is 259 g/mol. The minimum atomic E-state index is -4.79. The zero-order chi connectivity index (χ0) is 13.9. The van der Waals surface area contributed by atoms with Gasteiger partial charge in [0.25, 0.3) is 0 Å². The molecule has 6 heteroatoms. The van der Waals surface area contributed by atoms with E-state index in [4.69, 9.17) is 0 Å². The minimum absolute atomic E-state index is 0.00623. The van der Waals surface area contributed by atoms with Crippen molar-refractivity contribution in [1.82, 2.24) is 5.32 Å². The molecule has 0 saturated carbocycles. The summed E-state index contributed by atoms with van der Waals surface area (Å²) in [7, 11) is 0.